The Kier molecular flexibility index (Phi) is 5.39. The molecule has 0 unspecified atom stereocenters. The van der Waals surface area contributed by atoms with Crippen LogP contribution < -0.4 is 0 Å². The fourth-order valence-corrected chi connectivity index (χ4v) is 3.77. The van der Waals surface area contributed by atoms with Crippen molar-refractivity contribution < 1.29 is 4.39 Å². The molecular formula is C22H22ClFN6. The minimum Gasteiger partial charge on any atom is -0.271 e. The molecule has 0 saturated heterocycles. The van der Waals surface area contributed by atoms with Crippen molar-refractivity contribution in [3.8, 4) is 17.1 Å². The molecule has 0 radical (unpaired) electrons. The largest absolute Gasteiger partial charge is 0.271 e. The van der Waals surface area contributed by atoms with Crippen molar-refractivity contribution in [3.05, 3.63) is 75.8 Å². The Morgan fingerprint density at radius 1 is 1.07 bits per heavy atom. The van der Waals surface area contributed by atoms with Crippen LogP contribution in [-0.2, 0) is 19.9 Å². The van der Waals surface area contributed by atoms with Gasteiger partial charge >= 0.3 is 0 Å². The lowest BCUT2D eigenvalue weighted by atomic mass is 10.0. The second-order valence-electron chi connectivity index (χ2n) is 7.20. The fraction of sp³-hybridized carbons (Fsp3) is 0.273. The first-order chi connectivity index (χ1) is 14.4. The third-order valence-electron chi connectivity index (χ3n) is 5.22. The average Bonchev–Trinajstić information content (AvgIpc) is 3.19. The second kappa shape index (κ2) is 7.99. The van der Waals surface area contributed by atoms with Crippen molar-refractivity contribution in [2.24, 2.45) is 7.05 Å². The topological polar surface area (TPSA) is 61.4 Å². The van der Waals surface area contributed by atoms with Crippen LogP contribution in [0.25, 0.3) is 17.1 Å². The zero-order valence-electron chi connectivity index (χ0n) is 17.3. The molecule has 4 aromatic rings. The summed E-state index contributed by atoms with van der Waals surface area (Å²) in [6.07, 6.45) is 2.94. The molecule has 0 aliphatic carbocycles. The van der Waals surface area contributed by atoms with Crippen molar-refractivity contribution in [2.75, 3.05) is 0 Å². The molecule has 0 saturated carbocycles. The first-order valence-corrected chi connectivity index (χ1v) is 10.1. The van der Waals surface area contributed by atoms with Crippen molar-refractivity contribution in [3.63, 3.8) is 0 Å². The third-order valence-corrected chi connectivity index (χ3v) is 5.77. The van der Waals surface area contributed by atoms with E-state index in [0.29, 0.717) is 17.3 Å². The van der Waals surface area contributed by atoms with Crippen LogP contribution >= 0.6 is 11.6 Å². The Bertz CT molecular complexity index is 1210. The predicted octanol–water partition coefficient (Wildman–Crippen LogP) is 4.63. The Morgan fingerprint density at radius 2 is 1.80 bits per heavy atom. The Morgan fingerprint density at radius 3 is 2.43 bits per heavy atom. The van der Waals surface area contributed by atoms with Crippen LogP contribution in [0.15, 0.2) is 36.7 Å². The van der Waals surface area contributed by atoms with E-state index in [0.717, 1.165) is 46.0 Å². The first-order valence-electron chi connectivity index (χ1n) is 9.72. The standard InChI is InChI=1S/C22H22ClFN6/c1-5-18-19(29(4)28-22(18)15-6-8-16(24)9-7-15)10-17-11-20(26-12-25-17)30-14(3)21(23)13(2)27-30/h6-9,11-12H,5,10H2,1-4H3. The van der Waals surface area contributed by atoms with E-state index >= 15 is 0 Å². The summed E-state index contributed by atoms with van der Waals surface area (Å²) < 4.78 is 16.9. The van der Waals surface area contributed by atoms with Crippen molar-refractivity contribution in [2.45, 2.75) is 33.6 Å². The van der Waals surface area contributed by atoms with Crippen LogP contribution in [-0.4, -0.2) is 29.5 Å². The van der Waals surface area contributed by atoms with Gasteiger partial charge in [0.15, 0.2) is 5.82 Å². The summed E-state index contributed by atoms with van der Waals surface area (Å²) in [6, 6.07) is 8.35. The number of aromatic nitrogens is 6. The van der Waals surface area contributed by atoms with Gasteiger partial charge in [0.25, 0.3) is 0 Å². The van der Waals surface area contributed by atoms with Gasteiger partial charge in [-0.25, -0.2) is 19.0 Å². The smallest absolute Gasteiger partial charge is 0.157 e. The van der Waals surface area contributed by atoms with E-state index < -0.39 is 0 Å². The molecule has 3 aromatic heterocycles. The van der Waals surface area contributed by atoms with E-state index in [1.807, 2.05) is 31.6 Å². The number of rotatable bonds is 5. The van der Waals surface area contributed by atoms with E-state index in [1.54, 1.807) is 16.8 Å². The molecule has 0 bridgehead atoms. The molecule has 6 nitrogen and oxygen atoms in total. The highest BCUT2D eigenvalue weighted by Crippen LogP contribution is 2.28. The molecule has 30 heavy (non-hydrogen) atoms. The highest BCUT2D eigenvalue weighted by atomic mass is 35.5. The molecule has 3 heterocycles. The van der Waals surface area contributed by atoms with Gasteiger partial charge in [0, 0.05) is 36.4 Å². The Labute approximate surface area is 179 Å². The number of hydrogen-bond donors (Lipinski definition) is 0. The molecule has 8 heteroatoms. The Hall–Kier alpha value is -3.06. The zero-order chi connectivity index (χ0) is 21.4. The lowest BCUT2D eigenvalue weighted by Crippen LogP contribution is -2.07. The van der Waals surface area contributed by atoms with Gasteiger partial charge < -0.3 is 0 Å². The summed E-state index contributed by atoms with van der Waals surface area (Å²) in [5.41, 5.74) is 6.41. The monoisotopic (exact) mass is 424 g/mol. The first kappa shape index (κ1) is 20.2. The molecule has 0 spiro atoms. The van der Waals surface area contributed by atoms with E-state index in [1.165, 1.54) is 18.5 Å². The molecule has 154 valence electrons. The molecular weight excluding hydrogens is 403 g/mol. The summed E-state index contributed by atoms with van der Waals surface area (Å²) in [5, 5.41) is 9.82. The summed E-state index contributed by atoms with van der Waals surface area (Å²) >= 11 is 6.29. The van der Waals surface area contributed by atoms with Gasteiger partial charge in [-0.2, -0.15) is 10.2 Å². The molecule has 1 aromatic carbocycles. The van der Waals surface area contributed by atoms with Crippen molar-refractivity contribution in [1.29, 1.82) is 0 Å². The number of hydrogen-bond acceptors (Lipinski definition) is 4. The predicted molar refractivity (Wildman–Crippen MR) is 114 cm³/mol. The third kappa shape index (κ3) is 3.61. The quantitative estimate of drug-likeness (QED) is 0.468. The van der Waals surface area contributed by atoms with Crippen LogP contribution in [0.1, 0.15) is 35.3 Å². The van der Waals surface area contributed by atoms with Gasteiger partial charge in [0.1, 0.15) is 12.1 Å². The maximum Gasteiger partial charge on any atom is 0.157 e. The average molecular weight is 425 g/mol. The molecule has 0 N–H and O–H groups in total. The SMILES string of the molecule is CCc1c(-c2ccc(F)cc2)nn(C)c1Cc1cc(-n2nc(C)c(Cl)c2C)ncn1. The molecule has 0 aliphatic rings. The molecule has 0 fully saturated rings. The number of benzene rings is 1. The lowest BCUT2D eigenvalue weighted by molar-refractivity contribution is 0.628. The second-order valence-corrected chi connectivity index (χ2v) is 7.58. The van der Waals surface area contributed by atoms with Crippen molar-refractivity contribution in [1.82, 2.24) is 29.5 Å². The van der Waals surface area contributed by atoms with Gasteiger partial charge in [-0.15, -0.1) is 0 Å². The maximum absolute atomic E-state index is 13.3. The molecule has 0 atom stereocenters. The highest BCUT2D eigenvalue weighted by Gasteiger charge is 2.18. The van der Waals surface area contributed by atoms with E-state index in [4.69, 9.17) is 16.7 Å². The summed E-state index contributed by atoms with van der Waals surface area (Å²) in [5.74, 6) is 0.414. The fourth-order valence-electron chi connectivity index (χ4n) is 3.65. The van der Waals surface area contributed by atoms with Gasteiger partial charge in [0.05, 0.1) is 27.8 Å². The summed E-state index contributed by atoms with van der Waals surface area (Å²) in [6.45, 7) is 5.88. The maximum atomic E-state index is 13.3. The van der Waals surface area contributed by atoms with Gasteiger partial charge in [-0.3, -0.25) is 4.68 Å². The van der Waals surface area contributed by atoms with Crippen LogP contribution in [0.5, 0.6) is 0 Å². The zero-order valence-corrected chi connectivity index (χ0v) is 18.1. The highest BCUT2D eigenvalue weighted by molar-refractivity contribution is 6.31. The molecule has 4 rings (SSSR count). The number of halogens is 2. The van der Waals surface area contributed by atoms with Crippen LogP contribution in [0.4, 0.5) is 4.39 Å². The number of aryl methyl sites for hydroxylation is 2. The molecule has 0 amide bonds. The number of nitrogens with zero attached hydrogens (tertiary/aromatic N) is 6. The van der Waals surface area contributed by atoms with Crippen LogP contribution in [0, 0.1) is 19.7 Å². The minimum atomic E-state index is -0.259. The van der Waals surface area contributed by atoms with Crippen molar-refractivity contribution >= 4 is 11.6 Å². The van der Waals surface area contributed by atoms with Crippen LogP contribution in [0.3, 0.4) is 0 Å². The van der Waals surface area contributed by atoms with Gasteiger partial charge in [0.2, 0.25) is 0 Å². The van der Waals surface area contributed by atoms with E-state index in [9.17, 15) is 4.39 Å². The Balaban J connectivity index is 1.71. The normalized spacial score (nSPS) is 11.3. The van der Waals surface area contributed by atoms with E-state index in [2.05, 4.69) is 22.0 Å². The summed E-state index contributed by atoms with van der Waals surface area (Å²) in [7, 11) is 1.92. The van der Waals surface area contributed by atoms with Gasteiger partial charge in [-0.05, 0) is 44.5 Å². The van der Waals surface area contributed by atoms with Crippen LogP contribution in [0.2, 0.25) is 5.02 Å². The summed E-state index contributed by atoms with van der Waals surface area (Å²) in [4.78, 5) is 8.82. The van der Waals surface area contributed by atoms with E-state index in [-0.39, 0.29) is 5.82 Å². The van der Waals surface area contributed by atoms with Gasteiger partial charge in [-0.1, -0.05) is 18.5 Å². The minimum absolute atomic E-state index is 0.259. The molecule has 0 aliphatic heterocycles. The lowest BCUT2D eigenvalue weighted by Gasteiger charge is -2.08.